The summed E-state index contributed by atoms with van der Waals surface area (Å²) in [4.78, 5) is 12.6. The van der Waals surface area contributed by atoms with E-state index in [1.807, 2.05) is 90.5 Å². The molecule has 0 radical (unpaired) electrons. The lowest BCUT2D eigenvalue weighted by molar-refractivity contribution is 0.815. The third kappa shape index (κ3) is 4.08. The molecule has 0 aliphatic carbocycles. The molecule has 0 amide bonds. The third-order valence-electron chi connectivity index (χ3n) is 7.18. The van der Waals surface area contributed by atoms with Gasteiger partial charge in [-0.2, -0.15) is 5.10 Å². The molecule has 0 unspecified atom stereocenters. The van der Waals surface area contributed by atoms with Crippen molar-refractivity contribution in [1.82, 2.24) is 9.78 Å². The molecule has 7 rings (SSSR count). The van der Waals surface area contributed by atoms with Crippen LogP contribution < -0.4 is 10.2 Å². The summed E-state index contributed by atoms with van der Waals surface area (Å²) < 4.78 is 1.91. The van der Waals surface area contributed by atoms with Crippen LogP contribution in [0.25, 0.3) is 5.69 Å². The molecule has 0 bridgehead atoms. The highest BCUT2D eigenvalue weighted by Crippen LogP contribution is 2.48. The summed E-state index contributed by atoms with van der Waals surface area (Å²) in [5, 5.41) is 9.53. The predicted octanol–water partition coefficient (Wildman–Crippen LogP) is 8.59. The van der Waals surface area contributed by atoms with E-state index < -0.39 is 0 Å². The Labute approximate surface area is 242 Å². The lowest BCUT2D eigenvalue weighted by atomic mass is 9.93. The highest BCUT2D eigenvalue weighted by Gasteiger charge is 2.41. The van der Waals surface area contributed by atoms with Gasteiger partial charge in [0.25, 0.3) is 0 Å². The summed E-state index contributed by atoms with van der Waals surface area (Å²) in [6.45, 7) is 4.10. The molecule has 196 valence electrons. The molecule has 3 heterocycles. The zero-order valence-corrected chi connectivity index (χ0v) is 23.3. The minimum atomic E-state index is -0.277. The van der Waals surface area contributed by atoms with Crippen LogP contribution in [0.2, 0.25) is 10.0 Å². The van der Waals surface area contributed by atoms with Gasteiger partial charge in [0.1, 0.15) is 0 Å². The van der Waals surface area contributed by atoms with E-state index in [0.717, 1.165) is 51.0 Å². The zero-order chi connectivity index (χ0) is 27.4. The van der Waals surface area contributed by atoms with E-state index in [1.54, 1.807) is 0 Å². The number of hydrogen-bond donors (Lipinski definition) is 1. The third-order valence-corrected chi connectivity index (χ3v) is 7.92. The largest absolute Gasteiger partial charge is 0.337 e. The van der Waals surface area contributed by atoms with Gasteiger partial charge in [-0.15, -0.1) is 0 Å². The van der Waals surface area contributed by atoms with Crippen LogP contribution in [0.1, 0.15) is 28.4 Å². The average molecular weight is 563 g/mol. The minimum Gasteiger partial charge on any atom is -0.337 e. The lowest BCUT2D eigenvalue weighted by Gasteiger charge is -2.40. The number of aliphatic imine (C=N–C) groups is 2. The highest BCUT2D eigenvalue weighted by atomic mass is 35.5. The minimum absolute atomic E-state index is 0.277. The van der Waals surface area contributed by atoms with Gasteiger partial charge in [-0.1, -0.05) is 71.7 Å². The average Bonchev–Trinajstić information content (AvgIpc) is 3.30. The summed E-state index contributed by atoms with van der Waals surface area (Å²) in [5.41, 5.74) is 7.67. The molecule has 2 aliphatic heterocycles. The summed E-state index contributed by atoms with van der Waals surface area (Å²) >= 11 is 13.0. The van der Waals surface area contributed by atoms with Crippen LogP contribution >= 0.6 is 23.2 Å². The molecule has 0 spiro atoms. The molecule has 6 nitrogen and oxygen atoms in total. The fraction of sp³-hybridized carbons (Fsp3) is 0.0938. The van der Waals surface area contributed by atoms with Crippen molar-refractivity contribution in [2.24, 2.45) is 9.98 Å². The van der Waals surface area contributed by atoms with E-state index in [4.69, 9.17) is 38.3 Å². The predicted molar refractivity (Wildman–Crippen MR) is 165 cm³/mol. The Bertz CT molecular complexity index is 1840. The van der Waals surface area contributed by atoms with Crippen molar-refractivity contribution in [2.75, 3.05) is 10.2 Å². The number of hydrogen-bond acceptors (Lipinski definition) is 5. The van der Waals surface area contributed by atoms with Gasteiger partial charge in [0.2, 0.25) is 0 Å². The van der Waals surface area contributed by atoms with E-state index in [9.17, 15) is 0 Å². The van der Waals surface area contributed by atoms with Crippen molar-refractivity contribution in [2.45, 2.75) is 19.9 Å². The second-order valence-electron chi connectivity index (χ2n) is 9.90. The first-order valence-corrected chi connectivity index (χ1v) is 13.7. The number of nitrogens with one attached hydrogen (secondary N) is 1. The fourth-order valence-corrected chi connectivity index (χ4v) is 5.71. The lowest BCUT2D eigenvalue weighted by Crippen LogP contribution is -2.46. The summed E-state index contributed by atoms with van der Waals surface area (Å²) in [6, 6.07) is 31.9. The van der Waals surface area contributed by atoms with E-state index in [0.29, 0.717) is 21.7 Å². The maximum absolute atomic E-state index is 6.59. The molecule has 0 saturated carbocycles. The van der Waals surface area contributed by atoms with Gasteiger partial charge < -0.3 is 10.2 Å². The van der Waals surface area contributed by atoms with Gasteiger partial charge in [0.05, 0.1) is 38.8 Å². The SMILES string of the molecule is Cc1cccc(NC2=Nc3ccccc3N3C2=Nc2c(c(C)nn2-c2ccccc2)[C@H]3c2ccc(Cl)c(Cl)c2)c1. The second-order valence-corrected chi connectivity index (χ2v) is 10.7. The maximum atomic E-state index is 6.59. The normalized spacial score (nSPS) is 15.5. The van der Waals surface area contributed by atoms with Crippen molar-refractivity contribution in [3.63, 3.8) is 0 Å². The number of fused-ring (bicyclic) bond motifs is 4. The molecule has 4 aromatic carbocycles. The van der Waals surface area contributed by atoms with E-state index in [2.05, 4.69) is 35.3 Å². The van der Waals surface area contributed by atoms with Crippen molar-refractivity contribution < 1.29 is 0 Å². The zero-order valence-electron chi connectivity index (χ0n) is 21.8. The molecule has 1 atom stereocenters. The van der Waals surface area contributed by atoms with Crippen molar-refractivity contribution in [3.05, 3.63) is 129 Å². The molecule has 2 aliphatic rings. The van der Waals surface area contributed by atoms with Gasteiger partial charge in [-0.05, 0) is 73.5 Å². The Morgan fingerprint density at radius 1 is 0.775 bits per heavy atom. The van der Waals surface area contributed by atoms with Crippen LogP contribution in [0.4, 0.5) is 22.9 Å². The van der Waals surface area contributed by atoms with Crippen LogP contribution in [-0.2, 0) is 0 Å². The first-order chi connectivity index (χ1) is 19.5. The second kappa shape index (κ2) is 9.66. The molecule has 5 aromatic rings. The summed E-state index contributed by atoms with van der Waals surface area (Å²) in [7, 11) is 0. The van der Waals surface area contributed by atoms with E-state index in [1.165, 1.54) is 0 Å². The molecule has 1 N–H and O–H groups in total. The monoisotopic (exact) mass is 562 g/mol. The topological polar surface area (TPSA) is 57.8 Å². The van der Waals surface area contributed by atoms with E-state index >= 15 is 0 Å². The smallest absolute Gasteiger partial charge is 0.179 e. The number of aromatic nitrogens is 2. The maximum Gasteiger partial charge on any atom is 0.179 e. The number of amidine groups is 2. The fourth-order valence-electron chi connectivity index (χ4n) is 5.40. The number of anilines is 2. The van der Waals surface area contributed by atoms with E-state index in [-0.39, 0.29) is 6.04 Å². The van der Waals surface area contributed by atoms with Crippen LogP contribution in [0.5, 0.6) is 0 Å². The Hall–Kier alpha value is -4.39. The van der Waals surface area contributed by atoms with Crippen LogP contribution in [0.15, 0.2) is 107 Å². The molecule has 40 heavy (non-hydrogen) atoms. The Morgan fingerprint density at radius 2 is 1.57 bits per heavy atom. The van der Waals surface area contributed by atoms with Gasteiger partial charge in [-0.25, -0.2) is 14.7 Å². The summed E-state index contributed by atoms with van der Waals surface area (Å²) in [5.74, 6) is 2.10. The quantitative estimate of drug-likeness (QED) is 0.239. The first-order valence-electron chi connectivity index (χ1n) is 13.0. The Kier molecular flexibility index (Phi) is 5.95. The Morgan fingerprint density at radius 3 is 2.38 bits per heavy atom. The van der Waals surface area contributed by atoms with Crippen molar-refractivity contribution >= 4 is 57.8 Å². The number of rotatable bonds is 3. The molecule has 1 aromatic heterocycles. The van der Waals surface area contributed by atoms with Crippen LogP contribution in [0, 0.1) is 13.8 Å². The van der Waals surface area contributed by atoms with Gasteiger partial charge in [0, 0.05) is 11.3 Å². The van der Waals surface area contributed by atoms with Crippen LogP contribution in [0.3, 0.4) is 0 Å². The number of benzene rings is 4. The van der Waals surface area contributed by atoms with Gasteiger partial charge >= 0.3 is 0 Å². The van der Waals surface area contributed by atoms with Gasteiger partial charge in [0.15, 0.2) is 17.5 Å². The number of aryl methyl sites for hydroxylation is 2. The molecule has 0 saturated heterocycles. The standard InChI is InChI=1S/C32H24Cl2N6/c1-19-9-8-10-22(17-19)35-30-32-37-31-28(20(2)38-40(31)23-11-4-3-5-12-23)29(21-15-16-24(33)25(34)18-21)39(32)27-14-7-6-13-26(27)36-30/h3-18,29H,1-2H3,(H,35,36)/t29-/m1/s1. The number of para-hydroxylation sites is 3. The van der Waals surface area contributed by atoms with Crippen LogP contribution in [-0.4, -0.2) is 21.5 Å². The molecule has 8 heteroatoms. The van der Waals surface area contributed by atoms with Crippen molar-refractivity contribution in [1.29, 1.82) is 0 Å². The van der Waals surface area contributed by atoms with Crippen molar-refractivity contribution in [3.8, 4) is 5.69 Å². The first kappa shape index (κ1) is 24.6. The van der Waals surface area contributed by atoms with Gasteiger partial charge in [-0.3, -0.25) is 0 Å². The number of nitrogens with zero attached hydrogens (tertiary/aromatic N) is 5. The molecular weight excluding hydrogens is 539 g/mol. The highest BCUT2D eigenvalue weighted by molar-refractivity contribution is 6.51. The molecule has 0 fully saturated rings. The summed E-state index contributed by atoms with van der Waals surface area (Å²) in [6.07, 6.45) is 0. The number of halogens is 2. The molecular formula is C32H24Cl2N6. The Balaban J connectivity index is 1.51.